The van der Waals surface area contributed by atoms with E-state index < -0.39 is 6.10 Å². The van der Waals surface area contributed by atoms with Crippen LogP contribution in [0, 0.1) is 6.92 Å². The van der Waals surface area contributed by atoms with Gasteiger partial charge in [0.1, 0.15) is 5.75 Å². The molecular weight excluding hydrogens is 290 g/mol. The summed E-state index contributed by atoms with van der Waals surface area (Å²) in [5.41, 5.74) is 0.933. The second kappa shape index (κ2) is 6.67. The Kier molecular flexibility index (Phi) is 5.12. The lowest BCUT2D eigenvalue weighted by molar-refractivity contribution is -0.149. The van der Waals surface area contributed by atoms with Gasteiger partial charge in [-0.3, -0.25) is 4.79 Å². The Balaban J connectivity index is 2.00. The van der Waals surface area contributed by atoms with Crippen molar-refractivity contribution in [2.75, 3.05) is 13.1 Å². The van der Waals surface area contributed by atoms with Gasteiger partial charge in [-0.15, -0.1) is 0 Å². The molecule has 1 aliphatic rings. The number of carbonyl (C=O) groups excluding carboxylic acids is 1. The number of carbonyl (C=O) groups is 1. The van der Waals surface area contributed by atoms with E-state index in [-0.39, 0.29) is 18.1 Å². The maximum atomic E-state index is 12.5. The number of halogens is 1. The van der Waals surface area contributed by atoms with Gasteiger partial charge in [-0.05, 0) is 51.5 Å². The van der Waals surface area contributed by atoms with Crippen LogP contribution in [0.15, 0.2) is 18.2 Å². The molecule has 0 saturated carbocycles. The van der Waals surface area contributed by atoms with Gasteiger partial charge in [-0.1, -0.05) is 11.6 Å². The second-order valence-electron chi connectivity index (χ2n) is 5.67. The average Bonchev–Trinajstić information content (AvgIpc) is 2.41. The number of rotatable bonds is 3. The van der Waals surface area contributed by atoms with Crippen LogP contribution in [0.25, 0.3) is 0 Å². The monoisotopic (exact) mass is 311 g/mol. The van der Waals surface area contributed by atoms with E-state index in [0.717, 1.165) is 5.56 Å². The van der Waals surface area contributed by atoms with E-state index in [1.54, 1.807) is 19.1 Å². The topological polar surface area (TPSA) is 38.8 Å². The van der Waals surface area contributed by atoms with Crippen molar-refractivity contribution in [3.8, 4) is 5.75 Å². The van der Waals surface area contributed by atoms with E-state index in [9.17, 15) is 4.79 Å². The number of aryl methyl sites for hydroxylation is 1. The predicted molar refractivity (Wildman–Crippen MR) is 82.9 cm³/mol. The largest absolute Gasteiger partial charge is 0.481 e. The quantitative estimate of drug-likeness (QED) is 0.861. The van der Waals surface area contributed by atoms with Crippen LogP contribution in [0.2, 0.25) is 5.02 Å². The lowest BCUT2D eigenvalue weighted by Crippen LogP contribution is -2.51. The highest BCUT2D eigenvalue weighted by Crippen LogP contribution is 2.22. The van der Waals surface area contributed by atoms with E-state index in [1.807, 2.05) is 31.7 Å². The third kappa shape index (κ3) is 4.11. The minimum absolute atomic E-state index is 0.00963. The summed E-state index contributed by atoms with van der Waals surface area (Å²) in [6.07, 6.45) is -0.409. The number of nitrogens with zero attached hydrogens (tertiary/aromatic N) is 1. The number of hydrogen-bond donors (Lipinski definition) is 0. The first-order valence-electron chi connectivity index (χ1n) is 7.24. The minimum atomic E-state index is -0.525. The smallest absolute Gasteiger partial charge is 0.263 e. The lowest BCUT2D eigenvalue weighted by atomic mass is 10.2. The van der Waals surface area contributed by atoms with Crippen LogP contribution in [0.1, 0.15) is 26.3 Å². The lowest BCUT2D eigenvalue weighted by Gasteiger charge is -2.36. The first-order chi connectivity index (χ1) is 9.86. The fourth-order valence-corrected chi connectivity index (χ4v) is 2.68. The Labute approximate surface area is 131 Å². The maximum absolute atomic E-state index is 12.5. The molecule has 0 aliphatic carbocycles. The molecule has 0 unspecified atom stereocenters. The van der Waals surface area contributed by atoms with Gasteiger partial charge in [0.05, 0.1) is 12.2 Å². The van der Waals surface area contributed by atoms with E-state index in [1.165, 1.54) is 0 Å². The van der Waals surface area contributed by atoms with Crippen LogP contribution < -0.4 is 4.74 Å². The highest BCUT2D eigenvalue weighted by atomic mass is 35.5. The SMILES string of the molecule is Cc1cc(O[C@H](C)C(=O)N2C[C@@H](C)O[C@@H](C)C2)ccc1Cl. The van der Waals surface area contributed by atoms with Crippen molar-refractivity contribution in [1.82, 2.24) is 4.90 Å². The van der Waals surface area contributed by atoms with E-state index in [0.29, 0.717) is 23.9 Å². The molecule has 0 N–H and O–H groups in total. The molecule has 0 aromatic heterocycles. The molecule has 2 rings (SSSR count). The summed E-state index contributed by atoms with van der Waals surface area (Å²) in [6.45, 7) is 8.85. The van der Waals surface area contributed by atoms with Gasteiger partial charge in [0, 0.05) is 18.1 Å². The zero-order valence-corrected chi connectivity index (χ0v) is 13.7. The third-order valence-electron chi connectivity index (χ3n) is 3.52. The first-order valence-corrected chi connectivity index (χ1v) is 7.61. The summed E-state index contributed by atoms with van der Waals surface area (Å²) in [5, 5.41) is 0.692. The molecule has 1 heterocycles. The van der Waals surface area contributed by atoms with Gasteiger partial charge >= 0.3 is 0 Å². The summed E-state index contributed by atoms with van der Waals surface area (Å²) in [7, 11) is 0. The summed E-state index contributed by atoms with van der Waals surface area (Å²) >= 11 is 5.99. The Hall–Kier alpha value is -1.26. The summed E-state index contributed by atoms with van der Waals surface area (Å²) < 4.78 is 11.4. The molecule has 21 heavy (non-hydrogen) atoms. The highest BCUT2D eigenvalue weighted by molar-refractivity contribution is 6.31. The molecule has 1 fully saturated rings. The Bertz CT molecular complexity index is 510. The van der Waals surface area contributed by atoms with Crippen LogP contribution in [-0.2, 0) is 9.53 Å². The van der Waals surface area contributed by atoms with Gasteiger partial charge in [0.15, 0.2) is 6.10 Å². The summed E-state index contributed by atoms with van der Waals surface area (Å²) in [4.78, 5) is 14.3. The molecule has 1 aromatic carbocycles. The number of morpholine rings is 1. The number of amides is 1. The van der Waals surface area contributed by atoms with Crippen LogP contribution in [0.3, 0.4) is 0 Å². The van der Waals surface area contributed by atoms with Crippen molar-refractivity contribution in [2.45, 2.75) is 46.0 Å². The Morgan fingerprint density at radius 1 is 1.38 bits per heavy atom. The number of hydrogen-bond acceptors (Lipinski definition) is 3. The van der Waals surface area contributed by atoms with Crippen LogP contribution in [-0.4, -0.2) is 42.2 Å². The van der Waals surface area contributed by atoms with Crippen molar-refractivity contribution < 1.29 is 14.3 Å². The van der Waals surface area contributed by atoms with Gasteiger partial charge in [-0.2, -0.15) is 0 Å². The number of benzene rings is 1. The van der Waals surface area contributed by atoms with Crippen molar-refractivity contribution in [2.24, 2.45) is 0 Å². The fourth-order valence-electron chi connectivity index (χ4n) is 2.56. The summed E-state index contributed by atoms with van der Waals surface area (Å²) in [5.74, 6) is 0.650. The minimum Gasteiger partial charge on any atom is -0.481 e. The predicted octanol–water partition coefficient (Wildman–Crippen LogP) is 3.05. The van der Waals surface area contributed by atoms with E-state index in [4.69, 9.17) is 21.1 Å². The van der Waals surface area contributed by atoms with Crippen molar-refractivity contribution >= 4 is 17.5 Å². The fraction of sp³-hybridized carbons (Fsp3) is 0.562. The maximum Gasteiger partial charge on any atom is 0.263 e. The Morgan fingerprint density at radius 2 is 2.00 bits per heavy atom. The van der Waals surface area contributed by atoms with Crippen molar-refractivity contribution in [3.05, 3.63) is 28.8 Å². The van der Waals surface area contributed by atoms with Gasteiger partial charge in [-0.25, -0.2) is 0 Å². The molecule has 3 atom stereocenters. The van der Waals surface area contributed by atoms with Gasteiger partial charge < -0.3 is 14.4 Å². The Morgan fingerprint density at radius 3 is 2.57 bits per heavy atom. The van der Waals surface area contributed by atoms with E-state index >= 15 is 0 Å². The molecule has 1 saturated heterocycles. The zero-order chi connectivity index (χ0) is 15.6. The van der Waals surface area contributed by atoms with Crippen LogP contribution >= 0.6 is 11.6 Å². The molecule has 116 valence electrons. The van der Waals surface area contributed by atoms with Crippen LogP contribution in [0.4, 0.5) is 0 Å². The molecule has 0 spiro atoms. The van der Waals surface area contributed by atoms with Gasteiger partial charge in [0.25, 0.3) is 5.91 Å². The number of ether oxygens (including phenoxy) is 2. The standard InChI is InChI=1S/C16H22ClNO3/c1-10-7-14(5-6-15(10)17)21-13(4)16(19)18-8-11(2)20-12(3)9-18/h5-7,11-13H,8-9H2,1-4H3/t11-,12+,13-/m1/s1. The highest BCUT2D eigenvalue weighted by Gasteiger charge is 2.29. The zero-order valence-electron chi connectivity index (χ0n) is 12.9. The van der Waals surface area contributed by atoms with Crippen molar-refractivity contribution in [1.29, 1.82) is 0 Å². The van der Waals surface area contributed by atoms with Crippen molar-refractivity contribution in [3.63, 3.8) is 0 Å². The van der Waals surface area contributed by atoms with E-state index in [2.05, 4.69) is 0 Å². The van der Waals surface area contributed by atoms with Crippen LogP contribution in [0.5, 0.6) is 5.75 Å². The molecule has 5 heteroatoms. The molecular formula is C16H22ClNO3. The molecule has 1 aliphatic heterocycles. The summed E-state index contributed by atoms with van der Waals surface area (Å²) in [6, 6.07) is 5.41. The average molecular weight is 312 g/mol. The molecule has 0 bridgehead atoms. The third-order valence-corrected chi connectivity index (χ3v) is 3.95. The normalized spacial score (nSPS) is 23.8. The second-order valence-corrected chi connectivity index (χ2v) is 6.08. The molecule has 1 amide bonds. The molecule has 4 nitrogen and oxygen atoms in total. The molecule has 1 aromatic rings. The first kappa shape index (κ1) is 16.1. The van der Waals surface area contributed by atoms with Gasteiger partial charge in [0.2, 0.25) is 0 Å². The molecule has 0 radical (unpaired) electrons.